The highest BCUT2D eigenvalue weighted by atomic mass is 79.9. The third-order valence-electron chi connectivity index (χ3n) is 4.94. The quantitative estimate of drug-likeness (QED) is 0.716. The van der Waals surface area contributed by atoms with Gasteiger partial charge in [-0.25, -0.2) is 8.78 Å². The van der Waals surface area contributed by atoms with E-state index in [1.165, 1.54) is 15.8 Å². The first-order valence-corrected chi connectivity index (χ1v) is 9.69. The van der Waals surface area contributed by atoms with Gasteiger partial charge >= 0.3 is 0 Å². The summed E-state index contributed by atoms with van der Waals surface area (Å²) in [6.45, 7) is 0.280. The fourth-order valence-electron chi connectivity index (χ4n) is 3.38. The summed E-state index contributed by atoms with van der Waals surface area (Å²) in [4.78, 5) is 27.0. The summed E-state index contributed by atoms with van der Waals surface area (Å²) in [6, 6.07) is 9.27. The lowest BCUT2D eigenvalue weighted by Gasteiger charge is -2.42. The van der Waals surface area contributed by atoms with E-state index in [2.05, 4.69) is 15.9 Å². The second-order valence-corrected chi connectivity index (χ2v) is 7.75. The van der Waals surface area contributed by atoms with Crippen LogP contribution in [0.2, 0.25) is 0 Å². The van der Waals surface area contributed by atoms with Crippen LogP contribution in [0.1, 0.15) is 28.9 Å². The van der Waals surface area contributed by atoms with Crippen LogP contribution in [0.4, 0.5) is 8.78 Å². The zero-order chi connectivity index (χ0) is 19.9. The van der Waals surface area contributed by atoms with Gasteiger partial charge in [0.15, 0.2) is 11.4 Å². The normalized spacial score (nSPS) is 18.3. The zero-order valence-corrected chi connectivity index (χ0v) is 16.5. The van der Waals surface area contributed by atoms with Crippen molar-refractivity contribution in [2.75, 3.05) is 24.8 Å². The molecule has 1 fully saturated rings. The molecule has 2 bridgehead atoms. The first-order chi connectivity index (χ1) is 13.4. The van der Waals surface area contributed by atoms with E-state index in [4.69, 9.17) is 4.74 Å². The Hall–Kier alpha value is -2.42. The van der Waals surface area contributed by atoms with Crippen LogP contribution in [0.15, 0.2) is 45.8 Å². The lowest BCUT2D eigenvalue weighted by Crippen LogP contribution is -2.57. The Bertz CT molecular complexity index is 965. The number of benzene rings is 1. The maximum atomic E-state index is 13.9. The van der Waals surface area contributed by atoms with Crippen LogP contribution in [0.5, 0.6) is 5.75 Å². The molecule has 0 unspecified atom stereocenters. The standard InChI is InChI=1S/C19H18BrF2N3O3/c20-14-10-25-15(17(16(14)26)28-11-13-4-2-1-3-5-13)18(27)23-8-6-19(21,22)7-9-24(25)12-23/h1-5,10H,6-9,11-12H2. The van der Waals surface area contributed by atoms with Gasteiger partial charge in [-0.15, -0.1) is 0 Å². The van der Waals surface area contributed by atoms with Crippen molar-refractivity contribution in [2.24, 2.45) is 0 Å². The molecule has 2 aromatic rings. The van der Waals surface area contributed by atoms with Crippen molar-refractivity contribution in [1.29, 1.82) is 0 Å². The number of carbonyl (C=O) groups is 1. The van der Waals surface area contributed by atoms with Crippen molar-refractivity contribution in [3.63, 3.8) is 0 Å². The van der Waals surface area contributed by atoms with Crippen LogP contribution in [0.25, 0.3) is 0 Å². The van der Waals surface area contributed by atoms with Gasteiger partial charge in [0.25, 0.3) is 11.8 Å². The number of alkyl halides is 2. The van der Waals surface area contributed by atoms with E-state index in [-0.39, 0.29) is 48.7 Å². The maximum Gasteiger partial charge on any atom is 0.277 e. The largest absolute Gasteiger partial charge is 0.482 e. The molecule has 148 valence electrons. The minimum absolute atomic E-state index is 0.0528. The lowest BCUT2D eigenvalue weighted by atomic mass is 10.1. The zero-order valence-electron chi connectivity index (χ0n) is 14.9. The van der Waals surface area contributed by atoms with Crippen LogP contribution in [-0.4, -0.2) is 41.2 Å². The number of ether oxygens (including phenoxy) is 1. The summed E-state index contributed by atoms with van der Waals surface area (Å²) in [5.74, 6) is -3.40. The number of hydrogen-bond donors (Lipinski definition) is 0. The SMILES string of the molecule is O=C1c2c(OCc3ccccc3)c(=O)c(Br)cn2N2CCC(F)(F)CCN1C2. The molecule has 28 heavy (non-hydrogen) atoms. The van der Waals surface area contributed by atoms with Crippen molar-refractivity contribution < 1.29 is 18.3 Å². The van der Waals surface area contributed by atoms with Crippen molar-refractivity contribution in [3.05, 3.63) is 62.5 Å². The van der Waals surface area contributed by atoms with Gasteiger partial charge in [0, 0.05) is 32.1 Å². The first-order valence-electron chi connectivity index (χ1n) is 8.90. The molecule has 2 aliphatic rings. The smallest absolute Gasteiger partial charge is 0.277 e. The molecule has 0 aliphatic carbocycles. The van der Waals surface area contributed by atoms with Crippen molar-refractivity contribution in [3.8, 4) is 5.75 Å². The van der Waals surface area contributed by atoms with Crippen molar-refractivity contribution in [2.45, 2.75) is 25.4 Å². The van der Waals surface area contributed by atoms with Crippen molar-refractivity contribution >= 4 is 21.8 Å². The Kier molecular flexibility index (Phi) is 4.86. The third kappa shape index (κ3) is 3.50. The molecular weight excluding hydrogens is 436 g/mol. The molecule has 4 rings (SSSR count). The van der Waals surface area contributed by atoms with Gasteiger partial charge in [0.05, 0.1) is 4.47 Å². The molecule has 3 heterocycles. The first kappa shape index (κ1) is 18.9. The van der Waals surface area contributed by atoms with E-state index in [0.717, 1.165) is 5.56 Å². The topological polar surface area (TPSA) is 54.8 Å². The lowest BCUT2D eigenvalue weighted by molar-refractivity contribution is -0.0302. The average Bonchev–Trinajstić information content (AvgIpc) is 2.67. The number of amides is 1. The van der Waals surface area contributed by atoms with Gasteiger partial charge in [-0.2, -0.15) is 0 Å². The molecule has 0 atom stereocenters. The number of pyridine rings is 1. The van der Waals surface area contributed by atoms with E-state index >= 15 is 0 Å². The molecule has 6 nitrogen and oxygen atoms in total. The van der Waals surface area contributed by atoms with Crippen LogP contribution < -0.4 is 15.2 Å². The fourth-order valence-corrected chi connectivity index (χ4v) is 3.75. The molecule has 2 aliphatic heterocycles. The Morgan fingerprint density at radius 3 is 2.57 bits per heavy atom. The number of halogens is 3. The third-order valence-corrected chi connectivity index (χ3v) is 5.51. The molecule has 0 N–H and O–H groups in total. The Morgan fingerprint density at radius 1 is 1.11 bits per heavy atom. The number of rotatable bonds is 3. The van der Waals surface area contributed by atoms with Gasteiger partial charge in [0.2, 0.25) is 5.43 Å². The van der Waals surface area contributed by atoms with E-state index in [0.29, 0.717) is 0 Å². The molecule has 1 aromatic carbocycles. The second kappa shape index (κ2) is 7.20. The second-order valence-electron chi connectivity index (χ2n) is 6.90. The molecular formula is C19H18BrF2N3O3. The van der Waals surface area contributed by atoms with E-state index in [1.807, 2.05) is 30.3 Å². The molecule has 0 saturated carbocycles. The summed E-state index contributed by atoms with van der Waals surface area (Å²) in [5, 5.41) is 1.63. The van der Waals surface area contributed by atoms with E-state index in [1.54, 1.807) is 5.01 Å². The van der Waals surface area contributed by atoms with Crippen LogP contribution in [0.3, 0.4) is 0 Å². The Balaban J connectivity index is 1.75. The van der Waals surface area contributed by atoms with Crippen molar-refractivity contribution in [1.82, 2.24) is 9.58 Å². The molecule has 1 saturated heterocycles. The van der Waals surface area contributed by atoms with Gasteiger partial charge in [-0.1, -0.05) is 30.3 Å². The Morgan fingerprint density at radius 2 is 1.82 bits per heavy atom. The summed E-state index contributed by atoms with van der Waals surface area (Å²) in [7, 11) is 0. The molecule has 0 radical (unpaired) electrons. The Labute approximate surface area is 168 Å². The number of aromatic nitrogens is 1. The van der Waals surface area contributed by atoms with Crippen LogP contribution in [-0.2, 0) is 6.61 Å². The van der Waals surface area contributed by atoms with Gasteiger partial charge < -0.3 is 9.64 Å². The molecule has 1 aromatic heterocycles. The van der Waals surface area contributed by atoms with Gasteiger partial charge in [0.1, 0.15) is 13.3 Å². The predicted octanol–water partition coefficient (Wildman–Crippen LogP) is 2.97. The monoisotopic (exact) mass is 453 g/mol. The van der Waals surface area contributed by atoms with Gasteiger partial charge in [-0.3, -0.25) is 19.3 Å². The summed E-state index contributed by atoms with van der Waals surface area (Å²) in [5.41, 5.74) is 0.471. The summed E-state index contributed by atoms with van der Waals surface area (Å²) >= 11 is 3.21. The highest BCUT2D eigenvalue weighted by Crippen LogP contribution is 2.30. The van der Waals surface area contributed by atoms with Crippen LogP contribution in [0, 0.1) is 0 Å². The van der Waals surface area contributed by atoms with E-state index < -0.39 is 23.7 Å². The number of fused-ring (bicyclic) bond motifs is 4. The minimum atomic E-state index is -2.84. The number of hydrogen-bond acceptors (Lipinski definition) is 4. The number of nitrogens with zero attached hydrogens (tertiary/aromatic N) is 3. The van der Waals surface area contributed by atoms with E-state index in [9.17, 15) is 18.4 Å². The molecule has 9 heteroatoms. The highest BCUT2D eigenvalue weighted by Gasteiger charge is 2.39. The molecule has 1 amide bonds. The number of carbonyl (C=O) groups excluding carboxylic acids is 1. The fraction of sp³-hybridized carbons (Fsp3) is 0.368. The average molecular weight is 454 g/mol. The predicted molar refractivity (Wildman–Crippen MR) is 102 cm³/mol. The van der Waals surface area contributed by atoms with Crippen LogP contribution >= 0.6 is 15.9 Å². The highest BCUT2D eigenvalue weighted by molar-refractivity contribution is 9.10. The summed E-state index contributed by atoms with van der Waals surface area (Å²) < 4.78 is 35.3. The minimum Gasteiger partial charge on any atom is -0.482 e. The maximum absolute atomic E-state index is 13.9. The molecule has 0 spiro atoms. The van der Waals surface area contributed by atoms with Gasteiger partial charge in [-0.05, 0) is 21.5 Å². The summed E-state index contributed by atoms with van der Waals surface area (Å²) in [6.07, 6.45) is 0.730.